The lowest BCUT2D eigenvalue weighted by molar-refractivity contribution is -0.217. The fourth-order valence-electron chi connectivity index (χ4n) is 2.58. The largest absolute Gasteiger partial charge is 0.389 e. The maximum atomic E-state index is 10.5. The van der Waals surface area contributed by atoms with Crippen LogP contribution in [0.25, 0.3) is 0 Å². The molecule has 18 heavy (non-hydrogen) atoms. The van der Waals surface area contributed by atoms with Crippen LogP contribution >= 0.6 is 0 Å². The molecule has 5 heteroatoms. The number of hydrogen-bond acceptors (Lipinski definition) is 5. The maximum Gasteiger partial charge on any atom is 0.373 e. The van der Waals surface area contributed by atoms with Crippen LogP contribution in [0, 0.1) is 5.41 Å². The molecule has 1 saturated carbocycles. The Morgan fingerprint density at radius 2 is 1.39 bits per heavy atom. The van der Waals surface area contributed by atoms with Gasteiger partial charge in [-0.05, 0) is 18.3 Å². The first-order chi connectivity index (χ1) is 8.29. The highest BCUT2D eigenvalue weighted by atomic mass is 16.7. The Morgan fingerprint density at radius 3 is 1.72 bits per heavy atom. The van der Waals surface area contributed by atoms with Crippen LogP contribution in [0.1, 0.15) is 46.5 Å². The number of ether oxygens (including phenoxy) is 2. The highest BCUT2D eigenvalue weighted by Crippen LogP contribution is 2.47. The molecular weight excluding hydrogens is 236 g/mol. The second-order valence-electron chi connectivity index (χ2n) is 5.97. The quantitative estimate of drug-likeness (QED) is 0.712. The standard InChI is InChI=1S/C12H22O3.CO2/c1-10(2,3)11(13)4-6-12(7-5-11)14-8-9-15-12;2-1-3/h13H,4-9H2,1-3H3;. The van der Waals surface area contributed by atoms with Crippen molar-refractivity contribution in [1.29, 1.82) is 0 Å². The van der Waals surface area contributed by atoms with Crippen molar-refractivity contribution in [3.05, 3.63) is 0 Å². The van der Waals surface area contributed by atoms with E-state index in [0.29, 0.717) is 13.2 Å². The van der Waals surface area contributed by atoms with Crippen LogP contribution in [0.3, 0.4) is 0 Å². The predicted octanol–water partition coefficient (Wildman–Crippen LogP) is 1.50. The molecule has 0 unspecified atom stereocenters. The van der Waals surface area contributed by atoms with Crippen LogP contribution in [0.5, 0.6) is 0 Å². The molecule has 0 aromatic heterocycles. The fraction of sp³-hybridized carbons (Fsp3) is 0.923. The summed E-state index contributed by atoms with van der Waals surface area (Å²) in [5, 5.41) is 10.5. The van der Waals surface area contributed by atoms with Gasteiger partial charge in [0.05, 0.1) is 18.8 Å². The first-order valence-corrected chi connectivity index (χ1v) is 6.28. The monoisotopic (exact) mass is 258 g/mol. The van der Waals surface area contributed by atoms with E-state index in [1.165, 1.54) is 0 Å². The molecule has 0 radical (unpaired) electrons. The van der Waals surface area contributed by atoms with Crippen molar-refractivity contribution in [2.45, 2.75) is 57.8 Å². The minimum atomic E-state index is -0.562. The van der Waals surface area contributed by atoms with E-state index in [2.05, 4.69) is 20.8 Å². The molecule has 0 atom stereocenters. The number of rotatable bonds is 0. The van der Waals surface area contributed by atoms with Crippen LogP contribution < -0.4 is 0 Å². The average molecular weight is 258 g/mol. The van der Waals surface area contributed by atoms with Crippen LogP contribution in [-0.2, 0) is 19.1 Å². The van der Waals surface area contributed by atoms with Gasteiger partial charge in [-0.1, -0.05) is 20.8 Å². The number of aliphatic hydroxyl groups is 1. The van der Waals surface area contributed by atoms with Crippen molar-refractivity contribution in [2.24, 2.45) is 5.41 Å². The molecule has 0 bridgehead atoms. The SMILES string of the molecule is CC(C)(C)C1(O)CCC2(CC1)OCCO2.O=C=O. The molecule has 0 aromatic rings. The van der Waals surface area contributed by atoms with Gasteiger partial charge in [-0.25, -0.2) is 0 Å². The lowest BCUT2D eigenvalue weighted by atomic mass is 9.67. The Morgan fingerprint density at radius 1 is 1.00 bits per heavy atom. The molecule has 2 rings (SSSR count). The topological polar surface area (TPSA) is 72.8 Å². The van der Waals surface area contributed by atoms with E-state index >= 15 is 0 Å². The molecule has 104 valence electrons. The molecule has 1 spiro atoms. The smallest absolute Gasteiger partial charge is 0.373 e. The van der Waals surface area contributed by atoms with Gasteiger partial charge in [0.2, 0.25) is 0 Å². The Kier molecular flexibility index (Phi) is 4.67. The van der Waals surface area contributed by atoms with Crippen molar-refractivity contribution >= 4 is 6.15 Å². The molecule has 1 heterocycles. The van der Waals surface area contributed by atoms with E-state index < -0.39 is 5.60 Å². The fourth-order valence-corrected chi connectivity index (χ4v) is 2.58. The maximum absolute atomic E-state index is 10.5. The number of carbonyl (C=O) groups excluding carboxylic acids is 2. The normalized spacial score (nSPS) is 25.1. The third-order valence-corrected chi connectivity index (χ3v) is 4.05. The molecule has 1 saturated heterocycles. The van der Waals surface area contributed by atoms with Crippen LogP contribution in [-0.4, -0.2) is 35.9 Å². The summed E-state index contributed by atoms with van der Waals surface area (Å²) < 4.78 is 11.3. The third kappa shape index (κ3) is 3.18. The summed E-state index contributed by atoms with van der Waals surface area (Å²) in [6.45, 7) is 7.70. The molecule has 2 aliphatic rings. The van der Waals surface area contributed by atoms with Gasteiger partial charge in [0.1, 0.15) is 0 Å². The zero-order valence-electron chi connectivity index (χ0n) is 11.3. The Labute approximate surface area is 107 Å². The highest BCUT2D eigenvalue weighted by Gasteiger charge is 2.49. The van der Waals surface area contributed by atoms with Crippen molar-refractivity contribution in [3.63, 3.8) is 0 Å². The van der Waals surface area contributed by atoms with Crippen LogP contribution in [0.4, 0.5) is 0 Å². The van der Waals surface area contributed by atoms with E-state index in [4.69, 9.17) is 19.1 Å². The van der Waals surface area contributed by atoms with E-state index in [1.54, 1.807) is 0 Å². The zero-order valence-corrected chi connectivity index (χ0v) is 11.3. The Balaban J connectivity index is 0.000000492. The lowest BCUT2D eigenvalue weighted by Gasteiger charge is -2.47. The summed E-state index contributed by atoms with van der Waals surface area (Å²) in [6.07, 6.45) is 3.44. The lowest BCUT2D eigenvalue weighted by Crippen LogP contribution is -2.50. The van der Waals surface area contributed by atoms with Gasteiger partial charge >= 0.3 is 6.15 Å². The summed E-state index contributed by atoms with van der Waals surface area (Å²) >= 11 is 0. The predicted molar refractivity (Wildman–Crippen MR) is 62.5 cm³/mol. The van der Waals surface area contributed by atoms with Gasteiger partial charge in [0.15, 0.2) is 5.79 Å². The molecule has 0 amide bonds. The molecule has 1 aliphatic carbocycles. The van der Waals surface area contributed by atoms with Crippen molar-refractivity contribution in [3.8, 4) is 0 Å². The first-order valence-electron chi connectivity index (χ1n) is 6.28. The summed E-state index contributed by atoms with van der Waals surface area (Å²) in [5.74, 6) is -0.364. The van der Waals surface area contributed by atoms with E-state index in [9.17, 15) is 5.11 Å². The molecule has 0 aromatic carbocycles. The second kappa shape index (κ2) is 5.49. The summed E-state index contributed by atoms with van der Waals surface area (Å²) in [7, 11) is 0. The number of hydrogen-bond donors (Lipinski definition) is 1. The average Bonchev–Trinajstić information content (AvgIpc) is 2.72. The molecular formula is C13H22O5. The van der Waals surface area contributed by atoms with Crippen molar-refractivity contribution in [1.82, 2.24) is 0 Å². The minimum absolute atomic E-state index is 0.0623. The minimum Gasteiger partial charge on any atom is -0.389 e. The molecule has 5 nitrogen and oxygen atoms in total. The van der Waals surface area contributed by atoms with Gasteiger partial charge in [-0.3, -0.25) is 0 Å². The molecule has 1 N–H and O–H groups in total. The summed E-state index contributed by atoms with van der Waals surface area (Å²) in [4.78, 5) is 16.2. The van der Waals surface area contributed by atoms with Crippen LogP contribution in [0.15, 0.2) is 0 Å². The zero-order chi connectivity index (χ0) is 13.9. The van der Waals surface area contributed by atoms with E-state index in [-0.39, 0.29) is 17.4 Å². The van der Waals surface area contributed by atoms with Crippen LogP contribution in [0.2, 0.25) is 0 Å². The molecule has 2 fully saturated rings. The summed E-state index contributed by atoms with van der Waals surface area (Å²) in [6, 6.07) is 0. The van der Waals surface area contributed by atoms with Crippen molar-refractivity contribution in [2.75, 3.05) is 13.2 Å². The second-order valence-corrected chi connectivity index (χ2v) is 5.97. The highest BCUT2D eigenvalue weighted by molar-refractivity contribution is 5.20. The van der Waals surface area contributed by atoms with Crippen molar-refractivity contribution < 1.29 is 24.2 Å². The van der Waals surface area contributed by atoms with Gasteiger partial charge in [0, 0.05) is 12.8 Å². The van der Waals surface area contributed by atoms with Gasteiger partial charge < -0.3 is 14.6 Å². The van der Waals surface area contributed by atoms with Gasteiger partial charge in [-0.2, -0.15) is 9.59 Å². The Bertz CT molecular complexity index is 296. The van der Waals surface area contributed by atoms with Gasteiger partial charge in [0.25, 0.3) is 0 Å². The Hall–Kier alpha value is -0.740. The third-order valence-electron chi connectivity index (χ3n) is 4.05. The van der Waals surface area contributed by atoms with Gasteiger partial charge in [-0.15, -0.1) is 0 Å². The van der Waals surface area contributed by atoms with E-state index in [0.717, 1.165) is 25.7 Å². The summed E-state index contributed by atoms with van der Waals surface area (Å²) in [5.41, 5.74) is -0.624. The molecule has 1 aliphatic heterocycles. The van der Waals surface area contributed by atoms with E-state index in [1.807, 2.05) is 0 Å². The first kappa shape index (κ1) is 15.3.